The monoisotopic (exact) mass is 204 g/mol. The van der Waals surface area contributed by atoms with Crippen molar-refractivity contribution in [1.82, 2.24) is 0 Å². The van der Waals surface area contributed by atoms with E-state index in [2.05, 4.69) is 17.9 Å². The van der Waals surface area contributed by atoms with Crippen molar-refractivity contribution in [2.24, 2.45) is 11.8 Å². The summed E-state index contributed by atoms with van der Waals surface area (Å²) in [6.07, 6.45) is 9.72. The van der Waals surface area contributed by atoms with Crippen molar-refractivity contribution >= 4 is 5.78 Å². The van der Waals surface area contributed by atoms with Gasteiger partial charge in [-0.3, -0.25) is 4.79 Å². The Balaban J connectivity index is 2.35. The molecule has 0 aliphatic heterocycles. The van der Waals surface area contributed by atoms with E-state index in [0.717, 1.165) is 0 Å². The van der Waals surface area contributed by atoms with Gasteiger partial charge in [-0.25, -0.2) is 0 Å². The molecular weight excluding hydrogens is 184 g/mol. The molecule has 1 atom stereocenters. The number of rotatable bonds is 4. The molecule has 1 aliphatic carbocycles. The molecule has 0 saturated heterocycles. The summed E-state index contributed by atoms with van der Waals surface area (Å²) in [5, 5.41) is 0. The van der Waals surface area contributed by atoms with Crippen LogP contribution in [0.2, 0.25) is 0 Å². The van der Waals surface area contributed by atoms with E-state index in [9.17, 15) is 4.79 Å². The van der Waals surface area contributed by atoms with Gasteiger partial charge in [0.25, 0.3) is 0 Å². The molecule has 82 valence electrons. The second-order valence-corrected chi connectivity index (χ2v) is 4.34. The quantitative estimate of drug-likeness (QED) is 0.507. The van der Waals surface area contributed by atoms with Gasteiger partial charge in [0.2, 0.25) is 0 Å². The average molecular weight is 204 g/mol. The Morgan fingerprint density at radius 1 is 1.47 bits per heavy atom. The fourth-order valence-electron chi connectivity index (χ4n) is 1.90. The molecule has 1 nitrogen and oxygen atoms in total. The van der Waals surface area contributed by atoms with Gasteiger partial charge < -0.3 is 0 Å². The lowest BCUT2D eigenvalue weighted by molar-refractivity contribution is -0.117. The Hall–Kier alpha value is -1.03. The highest BCUT2D eigenvalue weighted by Crippen LogP contribution is 2.25. The maximum absolute atomic E-state index is 11.7. The molecular formula is C14H20O. The number of carbonyl (C=O) groups excluding carboxylic acids is 1. The van der Waals surface area contributed by atoms with Gasteiger partial charge in [0.1, 0.15) is 0 Å². The molecule has 0 aromatic heterocycles. The van der Waals surface area contributed by atoms with E-state index in [1.807, 2.05) is 13.8 Å². The zero-order valence-electron chi connectivity index (χ0n) is 9.75. The molecule has 1 aliphatic rings. The summed E-state index contributed by atoms with van der Waals surface area (Å²) in [4.78, 5) is 11.7. The van der Waals surface area contributed by atoms with E-state index in [4.69, 9.17) is 0 Å². The highest BCUT2D eigenvalue weighted by Gasteiger charge is 2.13. The smallest absolute Gasteiger partial charge is 0.159 e. The van der Waals surface area contributed by atoms with E-state index >= 15 is 0 Å². The molecule has 1 unspecified atom stereocenters. The van der Waals surface area contributed by atoms with Crippen LogP contribution >= 0.6 is 0 Å². The zero-order chi connectivity index (χ0) is 11.1. The number of carbonyl (C=O) groups is 1. The van der Waals surface area contributed by atoms with Crippen LogP contribution in [0.4, 0.5) is 0 Å². The van der Waals surface area contributed by atoms with Crippen molar-refractivity contribution < 1.29 is 4.79 Å². The first kappa shape index (κ1) is 12.0. The Kier molecular flexibility index (Phi) is 5.18. The largest absolute Gasteiger partial charge is 0.295 e. The predicted molar refractivity (Wildman–Crippen MR) is 63.3 cm³/mol. The van der Waals surface area contributed by atoms with Crippen LogP contribution in [-0.2, 0) is 4.79 Å². The van der Waals surface area contributed by atoms with Crippen LogP contribution in [0.15, 0.2) is 12.2 Å². The number of hydrogen-bond donors (Lipinski definition) is 0. The molecule has 1 saturated carbocycles. The Bertz CT molecular complexity index is 284. The molecule has 0 radical (unpaired) electrons. The van der Waals surface area contributed by atoms with Crippen molar-refractivity contribution in [3.63, 3.8) is 0 Å². The van der Waals surface area contributed by atoms with Crippen molar-refractivity contribution in [3.05, 3.63) is 12.2 Å². The minimum absolute atomic E-state index is 0.0510. The summed E-state index contributed by atoms with van der Waals surface area (Å²) in [5.74, 6) is 6.71. The third-order valence-electron chi connectivity index (χ3n) is 3.00. The van der Waals surface area contributed by atoms with Crippen LogP contribution < -0.4 is 0 Å². The SMILES string of the molecule is CC#CCC(C)C(=O)/C=C/C1CCCC1. The van der Waals surface area contributed by atoms with Crippen molar-refractivity contribution in [1.29, 1.82) is 0 Å². The minimum Gasteiger partial charge on any atom is -0.295 e. The third kappa shape index (κ3) is 4.34. The summed E-state index contributed by atoms with van der Waals surface area (Å²) in [6, 6.07) is 0. The van der Waals surface area contributed by atoms with Gasteiger partial charge in [0, 0.05) is 12.3 Å². The van der Waals surface area contributed by atoms with Gasteiger partial charge in [-0.05, 0) is 31.8 Å². The fourth-order valence-corrected chi connectivity index (χ4v) is 1.90. The van der Waals surface area contributed by atoms with Crippen molar-refractivity contribution in [2.75, 3.05) is 0 Å². The number of allylic oxidation sites excluding steroid dienone is 2. The third-order valence-corrected chi connectivity index (χ3v) is 3.00. The fraction of sp³-hybridized carbons (Fsp3) is 0.643. The Morgan fingerprint density at radius 2 is 2.13 bits per heavy atom. The summed E-state index contributed by atoms with van der Waals surface area (Å²) in [5.41, 5.74) is 0. The highest BCUT2D eigenvalue weighted by molar-refractivity contribution is 5.91. The van der Waals surface area contributed by atoms with Gasteiger partial charge in [-0.15, -0.1) is 11.8 Å². The first-order valence-electron chi connectivity index (χ1n) is 5.85. The van der Waals surface area contributed by atoms with Crippen molar-refractivity contribution in [2.45, 2.75) is 46.0 Å². The van der Waals surface area contributed by atoms with Gasteiger partial charge in [-0.2, -0.15) is 0 Å². The normalized spacial score (nSPS) is 18.8. The zero-order valence-corrected chi connectivity index (χ0v) is 9.75. The van der Waals surface area contributed by atoms with E-state index in [1.165, 1.54) is 25.7 Å². The molecule has 1 fully saturated rings. The molecule has 0 aromatic rings. The van der Waals surface area contributed by atoms with E-state index in [-0.39, 0.29) is 11.7 Å². The summed E-state index contributed by atoms with van der Waals surface area (Å²) < 4.78 is 0. The molecule has 0 heterocycles. The maximum Gasteiger partial charge on any atom is 0.159 e. The molecule has 0 bridgehead atoms. The summed E-state index contributed by atoms with van der Waals surface area (Å²) in [7, 11) is 0. The molecule has 1 heteroatoms. The Morgan fingerprint density at radius 3 is 2.73 bits per heavy atom. The maximum atomic E-state index is 11.7. The van der Waals surface area contributed by atoms with E-state index in [1.54, 1.807) is 6.08 Å². The van der Waals surface area contributed by atoms with Crippen LogP contribution in [0.3, 0.4) is 0 Å². The number of ketones is 1. The lowest BCUT2D eigenvalue weighted by Crippen LogP contribution is -2.07. The summed E-state index contributed by atoms with van der Waals surface area (Å²) >= 11 is 0. The van der Waals surface area contributed by atoms with Gasteiger partial charge in [0.05, 0.1) is 0 Å². The molecule has 0 aromatic carbocycles. The van der Waals surface area contributed by atoms with Crippen LogP contribution in [0, 0.1) is 23.7 Å². The molecule has 0 amide bonds. The minimum atomic E-state index is 0.0510. The predicted octanol–water partition coefficient (Wildman–Crippen LogP) is 3.35. The first-order chi connectivity index (χ1) is 7.24. The standard InChI is InChI=1S/C14H20O/c1-3-4-7-12(2)14(15)11-10-13-8-5-6-9-13/h10-13H,5-9H2,1-2H3/b11-10+. The first-order valence-corrected chi connectivity index (χ1v) is 5.85. The average Bonchev–Trinajstić information content (AvgIpc) is 2.75. The van der Waals surface area contributed by atoms with Crippen molar-refractivity contribution in [3.8, 4) is 11.8 Å². The van der Waals surface area contributed by atoms with Gasteiger partial charge in [0.15, 0.2) is 5.78 Å². The molecule has 15 heavy (non-hydrogen) atoms. The molecule has 0 spiro atoms. The highest BCUT2D eigenvalue weighted by atomic mass is 16.1. The second kappa shape index (κ2) is 6.45. The van der Waals surface area contributed by atoms with Crippen LogP contribution in [0.5, 0.6) is 0 Å². The number of hydrogen-bond acceptors (Lipinski definition) is 1. The molecule has 1 rings (SSSR count). The topological polar surface area (TPSA) is 17.1 Å². The van der Waals surface area contributed by atoms with E-state index < -0.39 is 0 Å². The van der Waals surface area contributed by atoms with Crippen LogP contribution in [0.25, 0.3) is 0 Å². The second-order valence-electron chi connectivity index (χ2n) is 4.34. The van der Waals surface area contributed by atoms with Crippen LogP contribution in [-0.4, -0.2) is 5.78 Å². The van der Waals surface area contributed by atoms with Gasteiger partial charge in [-0.1, -0.05) is 25.8 Å². The van der Waals surface area contributed by atoms with Crippen LogP contribution in [0.1, 0.15) is 46.0 Å². The molecule has 0 N–H and O–H groups in total. The van der Waals surface area contributed by atoms with E-state index in [0.29, 0.717) is 12.3 Å². The van der Waals surface area contributed by atoms with Gasteiger partial charge >= 0.3 is 0 Å². The lowest BCUT2D eigenvalue weighted by atomic mass is 10.00. The lowest BCUT2D eigenvalue weighted by Gasteiger charge is -2.03. The Labute approximate surface area is 92.9 Å². The summed E-state index contributed by atoms with van der Waals surface area (Å²) in [6.45, 7) is 3.76.